The van der Waals surface area contributed by atoms with E-state index in [-0.39, 0.29) is 43.2 Å². The Morgan fingerprint density at radius 2 is 1.90 bits per heavy atom. The third-order valence-electron chi connectivity index (χ3n) is 7.43. The fraction of sp³-hybridized carbons (Fsp3) is 0.556. The normalized spacial score (nSPS) is 19.3. The molecule has 9 nitrogen and oxygen atoms in total. The summed E-state index contributed by atoms with van der Waals surface area (Å²) in [5.74, 6) is -3.92. The highest BCUT2D eigenvalue weighted by Crippen LogP contribution is 2.41. The molecule has 0 radical (unpaired) electrons. The van der Waals surface area contributed by atoms with E-state index in [9.17, 15) is 31.5 Å². The molecule has 2 amide bonds. The number of rotatable bonds is 11. The Labute approximate surface area is 233 Å². The molecule has 0 aromatic carbocycles. The summed E-state index contributed by atoms with van der Waals surface area (Å²) in [6, 6.07) is 0.220. The van der Waals surface area contributed by atoms with Crippen molar-refractivity contribution in [2.24, 2.45) is 16.9 Å². The number of amides is 2. The Kier molecular flexibility index (Phi) is 9.17. The molecule has 4 rings (SSSR count). The molecule has 222 valence electrons. The Morgan fingerprint density at radius 3 is 2.49 bits per heavy atom. The second-order valence-corrected chi connectivity index (χ2v) is 10.6. The van der Waals surface area contributed by atoms with Crippen molar-refractivity contribution in [3.63, 3.8) is 0 Å². The number of alkyl halides is 5. The fourth-order valence-electron chi connectivity index (χ4n) is 5.06. The number of nitrogens with zero attached hydrogens (tertiary/aromatic N) is 5. The first-order valence-corrected chi connectivity index (χ1v) is 13.4. The highest BCUT2D eigenvalue weighted by atomic mass is 19.4. The van der Waals surface area contributed by atoms with Crippen LogP contribution in [0.4, 0.5) is 22.0 Å². The lowest BCUT2D eigenvalue weighted by atomic mass is 9.81. The van der Waals surface area contributed by atoms with Crippen LogP contribution in [-0.2, 0) is 4.79 Å². The van der Waals surface area contributed by atoms with Crippen LogP contribution in [0.25, 0.3) is 6.08 Å². The van der Waals surface area contributed by atoms with Gasteiger partial charge < -0.3 is 10.6 Å². The van der Waals surface area contributed by atoms with Gasteiger partial charge in [0.15, 0.2) is 5.82 Å². The molecular formula is C27H32F5N7O2. The van der Waals surface area contributed by atoms with Crippen molar-refractivity contribution < 1.29 is 31.5 Å². The van der Waals surface area contributed by atoms with Gasteiger partial charge in [-0.25, -0.2) is 28.4 Å². The summed E-state index contributed by atoms with van der Waals surface area (Å²) >= 11 is 0. The van der Waals surface area contributed by atoms with E-state index in [1.165, 1.54) is 23.3 Å². The van der Waals surface area contributed by atoms with Gasteiger partial charge >= 0.3 is 6.18 Å². The van der Waals surface area contributed by atoms with Crippen LogP contribution < -0.4 is 10.6 Å². The highest BCUT2D eigenvalue weighted by molar-refractivity contribution is 5.92. The van der Waals surface area contributed by atoms with Gasteiger partial charge in [-0.15, -0.1) is 0 Å². The first-order chi connectivity index (χ1) is 19.3. The van der Waals surface area contributed by atoms with Crippen molar-refractivity contribution in [2.45, 2.75) is 82.5 Å². The lowest BCUT2D eigenvalue weighted by molar-refractivity contribution is -0.144. The van der Waals surface area contributed by atoms with Gasteiger partial charge in [-0.3, -0.25) is 9.59 Å². The molecule has 0 bridgehead atoms. The summed E-state index contributed by atoms with van der Waals surface area (Å²) in [4.78, 5) is 37.6. The van der Waals surface area contributed by atoms with E-state index < -0.39 is 48.8 Å². The second kappa shape index (κ2) is 12.4. The average Bonchev–Trinajstić information content (AvgIpc) is 3.69. The molecule has 2 fully saturated rings. The minimum absolute atomic E-state index is 0.0875. The number of hydrogen-bond acceptors (Lipinski definition) is 6. The van der Waals surface area contributed by atoms with Crippen LogP contribution in [0.5, 0.6) is 0 Å². The molecule has 0 aliphatic heterocycles. The minimum atomic E-state index is -4.43. The minimum Gasteiger partial charge on any atom is -0.349 e. The van der Waals surface area contributed by atoms with Crippen LogP contribution in [0, 0.1) is 11.8 Å². The van der Waals surface area contributed by atoms with Gasteiger partial charge in [0, 0.05) is 32.2 Å². The molecule has 2 N–H and O–H groups in total. The highest BCUT2D eigenvalue weighted by Gasteiger charge is 2.40. The Hall–Kier alpha value is -3.71. The molecule has 14 heteroatoms. The Bertz CT molecular complexity index is 1260. The van der Waals surface area contributed by atoms with E-state index >= 15 is 0 Å². The van der Waals surface area contributed by atoms with E-state index in [2.05, 4.69) is 37.4 Å². The maximum absolute atomic E-state index is 13.9. The topological polar surface area (TPSA) is 114 Å². The third-order valence-corrected chi connectivity index (χ3v) is 7.43. The van der Waals surface area contributed by atoms with Crippen molar-refractivity contribution in [2.75, 3.05) is 0 Å². The summed E-state index contributed by atoms with van der Waals surface area (Å²) in [6.45, 7) is 5.31. The van der Waals surface area contributed by atoms with Crippen molar-refractivity contribution in [1.82, 2.24) is 30.3 Å². The van der Waals surface area contributed by atoms with Gasteiger partial charge in [-0.1, -0.05) is 0 Å². The number of carbonyl (C=O) groups is 2. The molecule has 0 saturated heterocycles. The molecule has 2 atom stereocenters. The Balaban J connectivity index is 1.58. The van der Waals surface area contributed by atoms with E-state index in [4.69, 9.17) is 0 Å². The zero-order chi connectivity index (χ0) is 29.8. The van der Waals surface area contributed by atoms with Crippen LogP contribution in [-0.4, -0.2) is 56.3 Å². The lowest BCUT2D eigenvalue weighted by Crippen LogP contribution is -2.38. The average molecular weight is 582 g/mol. The standard InChI is InChI=1S/C27H32F5N7O2/c1-16(23(17-3-4-17)37-22(40)7-11-27(30,31)32)13-21-36-20(14-39(21)33-2)24(18-5-9-26(28,29)10-6-18)38-25(41)19-8-12-34-15-35-19/h8,12-15,17-18,23-24H,2-7,9-11H2,1H3,(H,37,40)(H,38,41)/b16-13+/t23-,24-/m0/s1. The molecule has 2 aliphatic rings. The number of nitrogens with one attached hydrogen (secondary N) is 2. The van der Waals surface area contributed by atoms with E-state index in [1.54, 1.807) is 19.2 Å². The van der Waals surface area contributed by atoms with Crippen LogP contribution >= 0.6 is 0 Å². The summed E-state index contributed by atoms with van der Waals surface area (Å²) in [6.07, 6.45) is 0.872. The molecule has 2 saturated carbocycles. The number of halogens is 5. The molecule has 41 heavy (non-hydrogen) atoms. The summed E-state index contributed by atoms with van der Waals surface area (Å²) in [7, 11) is 0. The van der Waals surface area contributed by atoms with Gasteiger partial charge in [0.1, 0.15) is 12.0 Å². The zero-order valence-corrected chi connectivity index (χ0v) is 22.5. The quantitative estimate of drug-likeness (QED) is 0.284. The molecule has 2 heterocycles. The van der Waals surface area contributed by atoms with Gasteiger partial charge in [0.05, 0.1) is 30.4 Å². The SMILES string of the molecule is C=Nn1cc([C@@H](NC(=O)c2ccncn2)C2CCC(F)(F)CC2)nc1/C=C(\C)[C@H](NC(=O)CCC(F)(F)F)C1CC1. The Morgan fingerprint density at radius 1 is 1.20 bits per heavy atom. The molecular weight excluding hydrogens is 549 g/mol. The second-order valence-electron chi connectivity index (χ2n) is 10.6. The fourth-order valence-corrected chi connectivity index (χ4v) is 5.06. The van der Waals surface area contributed by atoms with E-state index in [1.807, 2.05) is 0 Å². The summed E-state index contributed by atoms with van der Waals surface area (Å²) in [5, 5.41) is 9.56. The van der Waals surface area contributed by atoms with E-state index in [0.29, 0.717) is 17.1 Å². The van der Waals surface area contributed by atoms with Crippen LogP contribution in [0.3, 0.4) is 0 Å². The van der Waals surface area contributed by atoms with Gasteiger partial charge in [0.2, 0.25) is 11.8 Å². The number of carbonyl (C=O) groups excluding carboxylic acids is 2. The monoisotopic (exact) mass is 581 g/mol. The predicted molar refractivity (Wildman–Crippen MR) is 140 cm³/mol. The zero-order valence-electron chi connectivity index (χ0n) is 22.5. The number of hydrogen-bond donors (Lipinski definition) is 2. The molecule has 0 unspecified atom stereocenters. The summed E-state index contributed by atoms with van der Waals surface area (Å²) < 4.78 is 67.0. The van der Waals surface area contributed by atoms with Crippen LogP contribution in [0.2, 0.25) is 0 Å². The maximum atomic E-state index is 13.9. The van der Waals surface area contributed by atoms with Gasteiger partial charge in [-0.2, -0.15) is 18.3 Å². The summed E-state index contributed by atoms with van der Waals surface area (Å²) in [5.41, 5.74) is 1.15. The third kappa shape index (κ3) is 8.40. The smallest absolute Gasteiger partial charge is 0.349 e. The first kappa shape index (κ1) is 30.3. The van der Waals surface area contributed by atoms with Crippen LogP contribution in [0.15, 0.2) is 35.5 Å². The molecule has 0 spiro atoms. The number of imidazole rings is 1. The molecule has 2 aromatic rings. The van der Waals surface area contributed by atoms with Crippen molar-refractivity contribution >= 4 is 24.6 Å². The van der Waals surface area contributed by atoms with Crippen molar-refractivity contribution in [3.05, 3.63) is 47.6 Å². The predicted octanol–water partition coefficient (Wildman–Crippen LogP) is 5.07. The first-order valence-electron chi connectivity index (χ1n) is 13.4. The number of aromatic nitrogens is 4. The van der Waals surface area contributed by atoms with Crippen molar-refractivity contribution in [3.8, 4) is 0 Å². The lowest BCUT2D eigenvalue weighted by Gasteiger charge is -2.33. The van der Waals surface area contributed by atoms with Gasteiger partial charge in [0.25, 0.3) is 5.91 Å². The van der Waals surface area contributed by atoms with Crippen molar-refractivity contribution in [1.29, 1.82) is 0 Å². The maximum Gasteiger partial charge on any atom is 0.389 e. The van der Waals surface area contributed by atoms with E-state index in [0.717, 1.165) is 12.8 Å². The molecule has 2 aromatic heterocycles. The largest absolute Gasteiger partial charge is 0.389 e. The van der Waals surface area contributed by atoms with Gasteiger partial charge in [-0.05, 0) is 62.2 Å². The van der Waals surface area contributed by atoms with Crippen LogP contribution in [0.1, 0.15) is 86.3 Å². The molecule has 2 aliphatic carbocycles.